The van der Waals surface area contributed by atoms with Gasteiger partial charge in [0.15, 0.2) is 0 Å². The van der Waals surface area contributed by atoms with Crippen LogP contribution in [0.4, 0.5) is 0 Å². The lowest BCUT2D eigenvalue weighted by molar-refractivity contribution is -0.158. The molecule has 19 heavy (non-hydrogen) atoms. The SMILES string of the molecule is CC1CCC(C(C)C)C(O)(C2(C#N)CCCCC2)C1. The summed E-state index contributed by atoms with van der Waals surface area (Å²) in [7, 11) is 0. The first kappa shape index (κ1) is 14.9. The third-order valence-electron chi connectivity index (χ3n) is 5.80. The lowest BCUT2D eigenvalue weighted by Crippen LogP contribution is -2.57. The first-order chi connectivity index (χ1) is 8.95. The maximum absolute atomic E-state index is 11.5. The van der Waals surface area contributed by atoms with E-state index in [4.69, 9.17) is 0 Å². The van der Waals surface area contributed by atoms with Gasteiger partial charge in [0.2, 0.25) is 0 Å². The van der Waals surface area contributed by atoms with E-state index in [0.29, 0.717) is 17.8 Å². The Balaban J connectivity index is 2.36. The maximum atomic E-state index is 11.5. The third kappa shape index (κ3) is 2.42. The molecule has 0 bridgehead atoms. The lowest BCUT2D eigenvalue weighted by atomic mass is 9.52. The van der Waals surface area contributed by atoms with Crippen LogP contribution in [0.25, 0.3) is 0 Å². The molecule has 2 heteroatoms. The van der Waals surface area contributed by atoms with Gasteiger partial charge in [-0.25, -0.2) is 0 Å². The lowest BCUT2D eigenvalue weighted by Gasteiger charge is -2.54. The van der Waals surface area contributed by atoms with Gasteiger partial charge in [-0.1, -0.05) is 46.5 Å². The second-order valence-corrected chi connectivity index (χ2v) is 7.42. The Hall–Kier alpha value is -0.550. The summed E-state index contributed by atoms with van der Waals surface area (Å²) >= 11 is 0. The molecule has 2 aliphatic rings. The minimum absolute atomic E-state index is 0.293. The summed E-state index contributed by atoms with van der Waals surface area (Å²) in [6, 6.07) is 2.58. The summed E-state index contributed by atoms with van der Waals surface area (Å²) in [5.41, 5.74) is -1.23. The van der Waals surface area contributed by atoms with Crippen LogP contribution in [-0.4, -0.2) is 10.7 Å². The van der Waals surface area contributed by atoms with Crippen molar-refractivity contribution in [3.05, 3.63) is 0 Å². The number of hydrogen-bond acceptors (Lipinski definition) is 2. The summed E-state index contributed by atoms with van der Waals surface area (Å²) in [6.07, 6.45) is 8.34. The van der Waals surface area contributed by atoms with E-state index in [9.17, 15) is 10.4 Å². The van der Waals surface area contributed by atoms with E-state index in [1.165, 1.54) is 12.8 Å². The van der Waals surface area contributed by atoms with Crippen LogP contribution in [0, 0.1) is 34.5 Å². The number of nitriles is 1. The molecule has 2 nitrogen and oxygen atoms in total. The zero-order chi connectivity index (χ0) is 14.1. The Kier molecular flexibility index (Phi) is 4.26. The highest BCUT2D eigenvalue weighted by atomic mass is 16.3. The number of nitrogens with zero attached hydrogens (tertiary/aromatic N) is 1. The summed E-state index contributed by atoms with van der Waals surface area (Å²) < 4.78 is 0. The van der Waals surface area contributed by atoms with Crippen LogP contribution in [0.15, 0.2) is 0 Å². The van der Waals surface area contributed by atoms with Crippen molar-refractivity contribution in [2.45, 2.75) is 77.7 Å². The van der Waals surface area contributed by atoms with Gasteiger partial charge in [-0.05, 0) is 43.4 Å². The fourth-order valence-electron chi connectivity index (χ4n) is 4.72. The fourth-order valence-corrected chi connectivity index (χ4v) is 4.72. The molecule has 0 aliphatic heterocycles. The molecule has 0 amide bonds. The Morgan fingerprint density at radius 1 is 1.16 bits per heavy atom. The molecule has 2 rings (SSSR count). The molecule has 3 unspecified atom stereocenters. The van der Waals surface area contributed by atoms with Crippen molar-refractivity contribution in [3.63, 3.8) is 0 Å². The van der Waals surface area contributed by atoms with Crippen molar-refractivity contribution in [2.75, 3.05) is 0 Å². The molecule has 108 valence electrons. The van der Waals surface area contributed by atoms with Gasteiger partial charge in [0.25, 0.3) is 0 Å². The van der Waals surface area contributed by atoms with Crippen LogP contribution < -0.4 is 0 Å². The Bertz CT molecular complexity index is 351. The van der Waals surface area contributed by atoms with Crippen molar-refractivity contribution in [3.8, 4) is 6.07 Å². The first-order valence-electron chi connectivity index (χ1n) is 8.09. The predicted octanol–water partition coefficient (Wildman–Crippen LogP) is 4.28. The monoisotopic (exact) mass is 263 g/mol. The number of rotatable bonds is 2. The molecule has 0 spiro atoms. The average molecular weight is 263 g/mol. The zero-order valence-corrected chi connectivity index (χ0v) is 12.8. The smallest absolute Gasteiger partial charge is 0.0866 e. The molecule has 2 fully saturated rings. The van der Waals surface area contributed by atoms with E-state index >= 15 is 0 Å². The molecule has 0 aromatic carbocycles. The third-order valence-corrected chi connectivity index (χ3v) is 5.80. The summed E-state index contributed by atoms with van der Waals surface area (Å²) in [5, 5.41) is 21.4. The molecule has 3 atom stereocenters. The van der Waals surface area contributed by atoms with E-state index in [1.807, 2.05) is 0 Å². The summed E-state index contributed by atoms with van der Waals surface area (Å²) in [4.78, 5) is 0. The highest BCUT2D eigenvalue weighted by Gasteiger charge is 2.57. The van der Waals surface area contributed by atoms with Crippen molar-refractivity contribution >= 4 is 0 Å². The van der Waals surface area contributed by atoms with Gasteiger partial charge in [-0.3, -0.25) is 0 Å². The average Bonchev–Trinajstić information content (AvgIpc) is 2.38. The van der Waals surface area contributed by atoms with E-state index in [1.54, 1.807) is 0 Å². The van der Waals surface area contributed by atoms with E-state index in [2.05, 4.69) is 26.8 Å². The highest BCUT2D eigenvalue weighted by molar-refractivity contribution is 5.16. The molecule has 2 saturated carbocycles. The highest BCUT2D eigenvalue weighted by Crippen LogP contribution is 2.55. The Labute approximate surface area is 118 Å². The minimum Gasteiger partial charge on any atom is -0.388 e. The number of hydrogen-bond donors (Lipinski definition) is 1. The van der Waals surface area contributed by atoms with Gasteiger partial charge in [-0.2, -0.15) is 5.26 Å². The summed E-state index contributed by atoms with van der Waals surface area (Å²) in [6.45, 7) is 6.65. The van der Waals surface area contributed by atoms with Crippen molar-refractivity contribution in [1.29, 1.82) is 5.26 Å². The molecule has 0 heterocycles. The fraction of sp³-hybridized carbons (Fsp3) is 0.941. The molecule has 2 aliphatic carbocycles. The molecule has 0 radical (unpaired) electrons. The van der Waals surface area contributed by atoms with Crippen molar-refractivity contribution in [2.24, 2.45) is 23.2 Å². The topological polar surface area (TPSA) is 44.0 Å². The molecule has 0 saturated heterocycles. The van der Waals surface area contributed by atoms with Gasteiger partial charge in [-0.15, -0.1) is 0 Å². The van der Waals surface area contributed by atoms with Gasteiger partial charge in [0.1, 0.15) is 0 Å². The molecule has 0 aromatic rings. The molecular weight excluding hydrogens is 234 g/mol. The van der Waals surface area contributed by atoms with Crippen LogP contribution in [0.2, 0.25) is 0 Å². The first-order valence-corrected chi connectivity index (χ1v) is 8.09. The maximum Gasteiger partial charge on any atom is 0.0866 e. The van der Waals surface area contributed by atoms with Crippen LogP contribution >= 0.6 is 0 Å². The molecule has 1 N–H and O–H groups in total. The quantitative estimate of drug-likeness (QED) is 0.808. The minimum atomic E-state index is -0.756. The van der Waals surface area contributed by atoms with Gasteiger partial charge >= 0.3 is 0 Å². The van der Waals surface area contributed by atoms with Crippen molar-refractivity contribution in [1.82, 2.24) is 0 Å². The second-order valence-electron chi connectivity index (χ2n) is 7.42. The van der Waals surface area contributed by atoms with E-state index in [0.717, 1.165) is 38.5 Å². The normalized spacial score (nSPS) is 38.9. The molecular formula is C17H29NO. The van der Waals surface area contributed by atoms with Crippen molar-refractivity contribution < 1.29 is 5.11 Å². The summed E-state index contributed by atoms with van der Waals surface area (Å²) in [5.74, 6) is 1.30. The molecule has 0 aromatic heterocycles. The van der Waals surface area contributed by atoms with Crippen LogP contribution in [0.1, 0.15) is 72.1 Å². The number of aliphatic hydroxyl groups is 1. The predicted molar refractivity (Wildman–Crippen MR) is 77.4 cm³/mol. The van der Waals surface area contributed by atoms with Gasteiger partial charge in [0.05, 0.1) is 17.1 Å². The van der Waals surface area contributed by atoms with Crippen LogP contribution in [0.3, 0.4) is 0 Å². The van der Waals surface area contributed by atoms with Gasteiger partial charge in [0, 0.05) is 0 Å². The Morgan fingerprint density at radius 2 is 1.79 bits per heavy atom. The van der Waals surface area contributed by atoms with E-state index in [-0.39, 0.29) is 0 Å². The van der Waals surface area contributed by atoms with E-state index < -0.39 is 11.0 Å². The Morgan fingerprint density at radius 3 is 2.32 bits per heavy atom. The zero-order valence-electron chi connectivity index (χ0n) is 12.8. The largest absolute Gasteiger partial charge is 0.388 e. The van der Waals surface area contributed by atoms with Crippen LogP contribution in [0.5, 0.6) is 0 Å². The van der Waals surface area contributed by atoms with Gasteiger partial charge < -0.3 is 5.11 Å². The second kappa shape index (κ2) is 5.44. The standard InChI is InChI=1S/C17H29NO/c1-13(2)15-8-7-14(3)11-17(15,19)16(12-18)9-5-4-6-10-16/h13-15,19H,4-11H2,1-3H3. The van der Waals surface area contributed by atoms with Crippen LogP contribution in [-0.2, 0) is 0 Å².